The molecule has 0 radical (unpaired) electrons. The van der Waals surface area contributed by atoms with Gasteiger partial charge in [-0.1, -0.05) is 0 Å². The van der Waals surface area contributed by atoms with Gasteiger partial charge in [-0.25, -0.2) is 13.1 Å². The van der Waals surface area contributed by atoms with Gasteiger partial charge in [0, 0.05) is 6.54 Å². The molecule has 0 aliphatic heterocycles. The lowest BCUT2D eigenvalue weighted by molar-refractivity contribution is -0.133. The van der Waals surface area contributed by atoms with Gasteiger partial charge in [0.1, 0.15) is 0 Å². The third kappa shape index (κ3) is 4.56. The molecule has 19 heavy (non-hydrogen) atoms. The van der Waals surface area contributed by atoms with Crippen molar-refractivity contribution in [3.63, 3.8) is 0 Å². The summed E-state index contributed by atoms with van der Waals surface area (Å²) in [4.78, 5) is 11.4. The van der Waals surface area contributed by atoms with Crippen molar-refractivity contribution in [3.8, 4) is 0 Å². The van der Waals surface area contributed by atoms with E-state index < -0.39 is 40.2 Å². The lowest BCUT2D eigenvalue weighted by atomic mass is 10.4. The highest BCUT2D eigenvalue weighted by atomic mass is 32.2. The van der Waals surface area contributed by atoms with Crippen molar-refractivity contribution in [1.29, 1.82) is 0 Å². The molecule has 1 rings (SSSR count). The van der Waals surface area contributed by atoms with Crippen LogP contribution in [0.2, 0.25) is 0 Å². The van der Waals surface area contributed by atoms with Gasteiger partial charge in [0.25, 0.3) is 15.9 Å². The Morgan fingerprint density at radius 1 is 1.37 bits per heavy atom. The Hall–Kier alpha value is -1.55. The van der Waals surface area contributed by atoms with Crippen LogP contribution in [-0.2, 0) is 10.0 Å². The van der Waals surface area contributed by atoms with E-state index in [1.807, 2.05) is 10.0 Å². The Balaban J connectivity index is 2.65. The van der Waals surface area contributed by atoms with E-state index in [0.717, 1.165) is 19.2 Å². The molecule has 1 heterocycles. The molecule has 1 aromatic rings. The predicted molar refractivity (Wildman–Crippen MR) is 58.0 cm³/mol. The average Bonchev–Trinajstić information content (AvgIpc) is 2.77. The second-order valence-corrected chi connectivity index (χ2v) is 5.26. The van der Waals surface area contributed by atoms with Crippen LogP contribution in [0.4, 0.5) is 13.2 Å². The fourth-order valence-corrected chi connectivity index (χ4v) is 1.74. The molecule has 0 unspecified atom stereocenters. The number of carbonyl (C=O) groups excluding carboxylic acids is 1. The zero-order chi connectivity index (χ0) is 14.7. The number of halogens is 3. The molecule has 0 fully saturated rings. The first-order valence-electron chi connectivity index (χ1n) is 5.04. The average molecular weight is 300 g/mol. The summed E-state index contributed by atoms with van der Waals surface area (Å²) in [6.07, 6.45) is -5.56. The van der Waals surface area contributed by atoms with E-state index in [1.54, 1.807) is 0 Å². The lowest BCUT2D eigenvalue weighted by Gasteiger charge is -2.06. The van der Waals surface area contributed by atoms with Gasteiger partial charge >= 0.3 is 6.18 Å². The number of hydrogen-bond donors (Lipinski definition) is 2. The van der Waals surface area contributed by atoms with Crippen LogP contribution in [0, 0.1) is 0 Å². The van der Waals surface area contributed by atoms with E-state index in [1.165, 1.54) is 0 Å². The van der Waals surface area contributed by atoms with Crippen LogP contribution >= 0.6 is 0 Å². The van der Waals surface area contributed by atoms with Gasteiger partial charge in [0.2, 0.25) is 5.09 Å². The molecule has 0 atom stereocenters. The highest BCUT2D eigenvalue weighted by Gasteiger charge is 2.27. The summed E-state index contributed by atoms with van der Waals surface area (Å²) in [5, 5.41) is 1.48. The fraction of sp³-hybridized carbons (Fsp3) is 0.444. The number of nitrogens with one attached hydrogen (secondary N) is 2. The summed E-state index contributed by atoms with van der Waals surface area (Å²) in [6, 6.07) is 2.09. The van der Waals surface area contributed by atoms with Gasteiger partial charge in [-0.2, -0.15) is 13.2 Å². The summed E-state index contributed by atoms with van der Waals surface area (Å²) in [5.74, 6) is -1.29. The van der Waals surface area contributed by atoms with Crippen molar-refractivity contribution in [2.75, 3.05) is 13.6 Å². The van der Waals surface area contributed by atoms with Gasteiger partial charge in [-0.15, -0.1) is 0 Å². The van der Waals surface area contributed by atoms with Crippen LogP contribution in [0.3, 0.4) is 0 Å². The Morgan fingerprint density at radius 2 is 2.00 bits per heavy atom. The predicted octanol–water partition coefficient (Wildman–Crippen LogP) is 0.870. The van der Waals surface area contributed by atoms with Gasteiger partial charge in [-0.05, 0) is 19.2 Å². The maximum Gasteiger partial charge on any atom is 0.390 e. The number of furan rings is 1. The molecule has 108 valence electrons. The molecule has 1 amide bonds. The SMILES string of the molecule is CNS(=O)(=O)c1ccc(C(=O)NCCC(F)(F)F)o1. The van der Waals surface area contributed by atoms with Crippen molar-refractivity contribution in [2.24, 2.45) is 0 Å². The van der Waals surface area contributed by atoms with E-state index in [9.17, 15) is 26.4 Å². The van der Waals surface area contributed by atoms with E-state index in [0.29, 0.717) is 0 Å². The first-order valence-corrected chi connectivity index (χ1v) is 6.52. The maximum absolute atomic E-state index is 11.9. The zero-order valence-corrected chi connectivity index (χ0v) is 10.6. The van der Waals surface area contributed by atoms with Gasteiger partial charge in [0.15, 0.2) is 5.76 Å². The number of hydrogen-bond acceptors (Lipinski definition) is 4. The van der Waals surface area contributed by atoms with Crippen LogP contribution in [0.25, 0.3) is 0 Å². The van der Waals surface area contributed by atoms with E-state index in [4.69, 9.17) is 4.42 Å². The Morgan fingerprint density at radius 3 is 2.53 bits per heavy atom. The Kier molecular flexibility index (Phi) is 4.58. The highest BCUT2D eigenvalue weighted by molar-refractivity contribution is 7.89. The quantitative estimate of drug-likeness (QED) is 0.844. The number of amides is 1. The molecule has 0 spiro atoms. The van der Waals surface area contributed by atoms with Crippen LogP contribution in [0.15, 0.2) is 21.6 Å². The second-order valence-electron chi connectivity index (χ2n) is 3.45. The maximum atomic E-state index is 11.9. The molecule has 0 bridgehead atoms. The number of rotatable bonds is 5. The largest absolute Gasteiger partial charge is 0.438 e. The smallest absolute Gasteiger partial charge is 0.390 e. The number of sulfonamides is 1. The first-order chi connectivity index (χ1) is 8.65. The molecule has 2 N–H and O–H groups in total. The van der Waals surface area contributed by atoms with Crippen molar-refractivity contribution >= 4 is 15.9 Å². The summed E-state index contributed by atoms with van der Waals surface area (Å²) in [5.41, 5.74) is 0. The zero-order valence-electron chi connectivity index (χ0n) is 9.74. The second kappa shape index (κ2) is 5.61. The number of carbonyl (C=O) groups is 1. The van der Waals surface area contributed by atoms with E-state index >= 15 is 0 Å². The van der Waals surface area contributed by atoms with Crippen molar-refractivity contribution in [2.45, 2.75) is 17.7 Å². The molecule has 6 nitrogen and oxygen atoms in total. The van der Waals surface area contributed by atoms with Crippen LogP contribution in [-0.4, -0.2) is 34.1 Å². The van der Waals surface area contributed by atoms with Crippen LogP contribution < -0.4 is 10.0 Å². The van der Waals surface area contributed by atoms with Crippen LogP contribution in [0.1, 0.15) is 17.0 Å². The molecule has 0 aliphatic carbocycles. The van der Waals surface area contributed by atoms with Crippen molar-refractivity contribution < 1.29 is 30.8 Å². The normalized spacial score (nSPS) is 12.4. The minimum atomic E-state index is -4.38. The van der Waals surface area contributed by atoms with Crippen molar-refractivity contribution in [1.82, 2.24) is 10.0 Å². The van der Waals surface area contributed by atoms with Gasteiger partial charge in [-0.3, -0.25) is 4.79 Å². The molecule has 0 aromatic carbocycles. The minimum absolute atomic E-state index is 0.379. The summed E-state index contributed by atoms with van der Waals surface area (Å²) < 4.78 is 64.9. The summed E-state index contributed by atoms with van der Waals surface area (Å²) >= 11 is 0. The Labute approximate surface area is 107 Å². The molecule has 0 saturated carbocycles. The highest BCUT2D eigenvalue weighted by Crippen LogP contribution is 2.18. The van der Waals surface area contributed by atoms with Gasteiger partial charge < -0.3 is 9.73 Å². The topological polar surface area (TPSA) is 88.4 Å². The monoisotopic (exact) mass is 300 g/mol. The lowest BCUT2D eigenvalue weighted by Crippen LogP contribution is -2.27. The first kappa shape index (κ1) is 15.5. The van der Waals surface area contributed by atoms with Gasteiger partial charge in [0.05, 0.1) is 6.42 Å². The molecule has 0 saturated heterocycles. The molecule has 10 heteroatoms. The molecular formula is C9H11F3N2O4S. The summed E-state index contributed by atoms with van der Waals surface area (Å²) in [7, 11) is -2.68. The standard InChI is InChI=1S/C9H11F3N2O4S/c1-13-19(16,17)7-3-2-6(18-7)8(15)14-5-4-9(10,11)12/h2-3,13H,4-5H2,1H3,(H,14,15). The fourth-order valence-electron chi connectivity index (χ4n) is 1.09. The van der Waals surface area contributed by atoms with E-state index in [2.05, 4.69) is 0 Å². The number of alkyl halides is 3. The Bertz CT molecular complexity index is 550. The van der Waals surface area contributed by atoms with Crippen LogP contribution in [0.5, 0.6) is 0 Å². The third-order valence-corrected chi connectivity index (χ3v) is 3.32. The minimum Gasteiger partial charge on any atom is -0.438 e. The third-order valence-electron chi connectivity index (χ3n) is 2.03. The van der Waals surface area contributed by atoms with E-state index in [-0.39, 0.29) is 5.76 Å². The molecule has 0 aliphatic rings. The molecular weight excluding hydrogens is 289 g/mol. The molecule has 1 aromatic heterocycles. The summed E-state index contributed by atoms with van der Waals surface area (Å²) in [6.45, 7) is -0.614. The van der Waals surface area contributed by atoms with Crippen molar-refractivity contribution in [3.05, 3.63) is 17.9 Å².